The summed E-state index contributed by atoms with van der Waals surface area (Å²) in [5.41, 5.74) is 0. The smallest absolute Gasteiger partial charge is 0.343 e. The Balaban J connectivity index is 5.24. The van der Waals surface area contributed by atoms with Crippen molar-refractivity contribution in [1.29, 1.82) is 0 Å². The van der Waals surface area contributed by atoms with Crippen LogP contribution in [0.4, 0.5) is 0 Å². The van der Waals surface area contributed by atoms with Crippen molar-refractivity contribution in [2.45, 2.75) is 31.8 Å². The molecule has 0 bridgehead atoms. The molecule has 0 aromatic carbocycles. The second kappa shape index (κ2) is 5.45. The lowest BCUT2D eigenvalue weighted by Crippen LogP contribution is -2.39. The second-order valence-corrected chi connectivity index (χ2v) is 5.09. The van der Waals surface area contributed by atoms with Crippen LogP contribution < -0.4 is 0 Å². The Morgan fingerprint density at radius 1 is 1.53 bits per heavy atom. The number of allylic oxidation sites excluding steroid dienone is 1. The third kappa shape index (κ3) is 2.91. The Kier molecular flexibility index (Phi) is 5.21. The first-order chi connectivity index (χ1) is 6.85. The molecule has 0 saturated heterocycles. The summed E-state index contributed by atoms with van der Waals surface area (Å²) in [6.07, 6.45) is 1.24. The Hall–Kier alpha value is -0.640. The molecule has 88 valence electrons. The number of ether oxygens (including phenoxy) is 1. The van der Waals surface area contributed by atoms with Gasteiger partial charge in [-0.1, -0.05) is 13.0 Å². The summed E-state index contributed by atoms with van der Waals surface area (Å²) in [6.45, 7) is 6.62. The van der Waals surface area contributed by atoms with Crippen LogP contribution in [-0.2, 0) is 14.1 Å². The van der Waals surface area contributed by atoms with Crippen molar-refractivity contribution in [2.75, 3.05) is 6.61 Å². The van der Waals surface area contributed by atoms with Crippen molar-refractivity contribution < 1.29 is 23.9 Å². The lowest BCUT2D eigenvalue weighted by Gasteiger charge is -2.29. The van der Waals surface area contributed by atoms with Gasteiger partial charge >= 0.3 is 13.6 Å². The maximum Gasteiger partial charge on any atom is 0.343 e. The van der Waals surface area contributed by atoms with Crippen LogP contribution in [0.3, 0.4) is 0 Å². The molecule has 0 heterocycles. The molecular formula is C9H17O5P. The fourth-order valence-electron chi connectivity index (χ4n) is 1.32. The van der Waals surface area contributed by atoms with Crippen LogP contribution >= 0.6 is 7.60 Å². The van der Waals surface area contributed by atoms with E-state index in [4.69, 9.17) is 4.74 Å². The molecule has 0 saturated carbocycles. The van der Waals surface area contributed by atoms with Gasteiger partial charge in [-0.2, -0.15) is 0 Å². The molecule has 15 heavy (non-hydrogen) atoms. The van der Waals surface area contributed by atoms with Gasteiger partial charge in [0.2, 0.25) is 0 Å². The fourth-order valence-corrected chi connectivity index (χ4v) is 2.40. The van der Waals surface area contributed by atoms with Crippen LogP contribution in [-0.4, -0.2) is 27.5 Å². The number of esters is 1. The third-order valence-electron chi connectivity index (χ3n) is 2.28. The van der Waals surface area contributed by atoms with Gasteiger partial charge < -0.3 is 14.5 Å². The van der Waals surface area contributed by atoms with E-state index in [1.807, 2.05) is 0 Å². The molecule has 1 unspecified atom stereocenters. The molecule has 2 N–H and O–H groups in total. The van der Waals surface area contributed by atoms with E-state index in [0.29, 0.717) is 0 Å². The molecule has 0 spiro atoms. The zero-order valence-electron chi connectivity index (χ0n) is 8.97. The predicted molar refractivity (Wildman–Crippen MR) is 56.5 cm³/mol. The van der Waals surface area contributed by atoms with Gasteiger partial charge in [-0.3, -0.25) is 9.36 Å². The van der Waals surface area contributed by atoms with Gasteiger partial charge in [0.05, 0.1) is 6.61 Å². The first kappa shape index (κ1) is 14.4. The lowest BCUT2D eigenvalue weighted by molar-refractivity contribution is -0.147. The van der Waals surface area contributed by atoms with Crippen LogP contribution in [0.2, 0.25) is 0 Å². The Labute approximate surface area is 89.3 Å². The summed E-state index contributed by atoms with van der Waals surface area (Å²) in [7, 11) is -4.55. The zero-order chi connectivity index (χ0) is 12.1. The summed E-state index contributed by atoms with van der Waals surface area (Å²) in [5, 5.41) is -1.77. The van der Waals surface area contributed by atoms with E-state index in [-0.39, 0.29) is 19.4 Å². The zero-order valence-corrected chi connectivity index (χ0v) is 9.87. The molecular weight excluding hydrogens is 219 g/mol. The van der Waals surface area contributed by atoms with E-state index in [9.17, 15) is 19.1 Å². The first-order valence-corrected chi connectivity index (χ1v) is 6.30. The summed E-state index contributed by atoms with van der Waals surface area (Å²) in [4.78, 5) is 30.0. The molecule has 0 fully saturated rings. The standard InChI is InChI=1S/C9H17O5P/c1-4-7-9(5-2,15(11,12)13)8(10)14-6-3/h4H,1,5-7H2,2-3H3,(H2,11,12,13). The van der Waals surface area contributed by atoms with E-state index in [1.165, 1.54) is 6.08 Å². The maximum absolute atomic E-state index is 11.6. The quantitative estimate of drug-likeness (QED) is 0.414. The number of carbonyl (C=O) groups is 1. The minimum atomic E-state index is -4.55. The van der Waals surface area contributed by atoms with Crippen molar-refractivity contribution in [3.63, 3.8) is 0 Å². The Morgan fingerprint density at radius 3 is 2.33 bits per heavy atom. The maximum atomic E-state index is 11.6. The normalized spacial score (nSPS) is 15.5. The largest absolute Gasteiger partial charge is 0.465 e. The number of hydrogen-bond acceptors (Lipinski definition) is 3. The van der Waals surface area contributed by atoms with Gasteiger partial charge in [0.25, 0.3) is 0 Å². The molecule has 0 aliphatic rings. The van der Waals surface area contributed by atoms with Crippen LogP contribution in [0.1, 0.15) is 26.7 Å². The molecule has 0 aromatic rings. The highest BCUT2D eigenvalue weighted by atomic mass is 31.2. The Morgan fingerprint density at radius 2 is 2.07 bits per heavy atom. The van der Waals surface area contributed by atoms with Gasteiger partial charge in [0.15, 0.2) is 5.16 Å². The summed E-state index contributed by atoms with van der Waals surface area (Å²) < 4.78 is 16.0. The minimum absolute atomic E-state index is 0.0160. The van der Waals surface area contributed by atoms with Gasteiger partial charge in [0.1, 0.15) is 0 Å². The highest BCUT2D eigenvalue weighted by Crippen LogP contribution is 2.55. The van der Waals surface area contributed by atoms with Crippen molar-refractivity contribution in [1.82, 2.24) is 0 Å². The molecule has 1 atom stereocenters. The van der Waals surface area contributed by atoms with E-state index in [0.717, 1.165) is 0 Å². The second-order valence-electron chi connectivity index (χ2n) is 3.14. The number of rotatable bonds is 6. The average molecular weight is 236 g/mol. The molecule has 0 aromatic heterocycles. The molecule has 0 aliphatic carbocycles. The minimum Gasteiger partial charge on any atom is -0.465 e. The van der Waals surface area contributed by atoms with Gasteiger partial charge in [0, 0.05) is 0 Å². The summed E-state index contributed by atoms with van der Waals surface area (Å²) >= 11 is 0. The molecule has 0 amide bonds. The predicted octanol–water partition coefficient (Wildman–Crippen LogP) is 1.45. The van der Waals surface area contributed by atoms with E-state index in [2.05, 4.69) is 6.58 Å². The third-order valence-corrected chi connectivity index (χ3v) is 4.08. The van der Waals surface area contributed by atoms with Gasteiger partial charge in [-0.05, 0) is 19.8 Å². The highest BCUT2D eigenvalue weighted by Gasteiger charge is 2.52. The topological polar surface area (TPSA) is 83.8 Å². The molecule has 5 nitrogen and oxygen atoms in total. The molecule has 0 rings (SSSR count). The number of carbonyl (C=O) groups excluding carboxylic acids is 1. The number of hydrogen-bond donors (Lipinski definition) is 2. The van der Waals surface area contributed by atoms with Crippen LogP contribution in [0.5, 0.6) is 0 Å². The van der Waals surface area contributed by atoms with Gasteiger partial charge in [-0.15, -0.1) is 6.58 Å². The van der Waals surface area contributed by atoms with Crippen molar-refractivity contribution in [3.05, 3.63) is 12.7 Å². The van der Waals surface area contributed by atoms with Crippen LogP contribution in [0.15, 0.2) is 12.7 Å². The lowest BCUT2D eigenvalue weighted by atomic mass is 10.0. The van der Waals surface area contributed by atoms with E-state index < -0.39 is 18.7 Å². The van der Waals surface area contributed by atoms with Crippen molar-refractivity contribution in [3.8, 4) is 0 Å². The van der Waals surface area contributed by atoms with Crippen molar-refractivity contribution in [2.24, 2.45) is 0 Å². The summed E-state index contributed by atoms with van der Waals surface area (Å²) in [5.74, 6) is -0.860. The molecule has 6 heteroatoms. The first-order valence-electron chi connectivity index (χ1n) is 4.69. The van der Waals surface area contributed by atoms with Crippen LogP contribution in [0.25, 0.3) is 0 Å². The van der Waals surface area contributed by atoms with Crippen LogP contribution in [0, 0.1) is 0 Å². The molecule has 0 aliphatic heterocycles. The summed E-state index contributed by atoms with van der Waals surface area (Å²) in [6, 6.07) is 0. The average Bonchev–Trinajstić information content (AvgIpc) is 2.12. The Bertz CT molecular complexity index is 282. The molecule has 0 radical (unpaired) electrons. The highest BCUT2D eigenvalue weighted by molar-refractivity contribution is 7.54. The fraction of sp³-hybridized carbons (Fsp3) is 0.667. The van der Waals surface area contributed by atoms with Gasteiger partial charge in [-0.25, -0.2) is 0 Å². The van der Waals surface area contributed by atoms with E-state index >= 15 is 0 Å². The van der Waals surface area contributed by atoms with Crippen molar-refractivity contribution >= 4 is 13.6 Å². The monoisotopic (exact) mass is 236 g/mol. The SMILES string of the molecule is C=CCC(CC)(C(=O)OCC)P(=O)(O)O. The van der Waals surface area contributed by atoms with E-state index in [1.54, 1.807) is 13.8 Å².